The molecule has 1 aromatic heterocycles. The molecule has 0 saturated carbocycles. The zero-order valence-electron chi connectivity index (χ0n) is 8.66. The number of hydrogen-bond donors (Lipinski definition) is 2. The van der Waals surface area contributed by atoms with Crippen LogP contribution in [-0.2, 0) is 11.0 Å². The number of carbonyl (C=O) groups is 1. The molecule has 0 unspecified atom stereocenters. The van der Waals surface area contributed by atoms with Crippen molar-refractivity contribution >= 4 is 17.8 Å². The molecule has 0 spiro atoms. The van der Waals surface area contributed by atoms with Crippen molar-refractivity contribution in [1.29, 1.82) is 0 Å². The van der Waals surface area contributed by atoms with Crippen molar-refractivity contribution in [2.24, 2.45) is 5.73 Å². The van der Waals surface area contributed by atoms with Gasteiger partial charge in [-0.25, -0.2) is 4.98 Å². The van der Waals surface area contributed by atoms with Gasteiger partial charge in [0, 0.05) is 12.0 Å². The first-order valence-electron chi connectivity index (χ1n) is 4.59. The summed E-state index contributed by atoms with van der Waals surface area (Å²) < 4.78 is 37.7. The van der Waals surface area contributed by atoms with Crippen LogP contribution in [0.2, 0.25) is 0 Å². The van der Waals surface area contributed by atoms with Crippen molar-refractivity contribution < 1.29 is 18.0 Å². The summed E-state index contributed by atoms with van der Waals surface area (Å²) in [6.45, 7) is 0. The highest BCUT2D eigenvalue weighted by Crippen LogP contribution is 2.31. The number of halogens is 3. The minimum absolute atomic E-state index is 0.137. The van der Waals surface area contributed by atoms with E-state index in [4.69, 9.17) is 11.5 Å². The first kappa shape index (κ1) is 13.0. The SMILES string of the molecule is NC(=O)CC=Cc1ccc(N)nc1C(F)(F)F. The van der Waals surface area contributed by atoms with Crippen molar-refractivity contribution in [2.75, 3.05) is 5.73 Å². The molecule has 0 aromatic carbocycles. The third-order valence-corrected chi connectivity index (χ3v) is 1.83. The summed E-state index contributed by atoms with van der Waals surface area (Å²) in [7, 11) is 0. The zero-order valence-corrected chi connectivity index (χ0v) is 8.66. The van der Waals surface area contributed by atoms with Gasteiger partial charge in [0.15, 0.2) is 5.69 Å². The van der Waals surface area contributed by atoms with Crippen LogP contribution >= 0.6 is 0 Å². The number of primary amides is 1. The van der Waals surface area contributed by atoms with Gasteiger partial charge in [0.05, 0.1) is 0 Å². The molecule has 0 atom stereocenters. The summed E-state index contributed by atoms with van der Waals surface area (Å²) in [5.74, 6) is -0.845. The van der Waals surface area contributed by atoms with Gasteiger partial charge in [-0.05, 0) is 12.1 Å². The van der Waals surface area contributed by atoms with Crippen molar-refractivity contribution in [3.05, 3.63) is 29.5 Å². The van der Waals surface area contributed by atoms with Crippen LogP contribution in [0.15, 0.2) is 18.2 Å². The lowest BCUT2D eigenvalue weighted by Gasteiger charge is -2.09. The van der Waals surface area contributed by atoms with Crippen molar-refractivity contribution in [2.45, 2.75) is 12.6 Å². The Labute approximate surface area is 95.1 Å². The predicted octanol–water partition coefficient (Wildman–Crippen LogP) is 1.57. The van der Waals surface area contributed by atoms with Gasteiger partial charge < -0.3 is 11.5 Å². The van der Waals surface area contributed by atoms with E-state index in [1.54, 1.807) is 0 Å². The van der Waals surface area contributed by atoms with Crippen LogP contribution in [0.1, 0.15) is 17.7 Å². The van der Waals surface area contributed by atoms with Crippen LogP contribution in [0.5, 0.6) is 0 Å². The Hall–Kier alpha value is -2.05. The van der Waals surface area contributed by atoms with Crippen LogP contribution < -0.4 is 11.5 Å². The lowest BCUT2D eigenvalue weighted by molar-refractivity contribution is -0.141. The summed E-state index contributed by atoms with van der Waals surface area (Å²) in [5, 5.41) is 0. The van der Waals surface area contributed by atoms with Gasteiger partial charge in [0.2, 0.25) is 5.91 Å². The maximum Gasteiger partial charge on any atom is 0.434 e. The monoisotopic (exact) mass is 245 g/mol. The molecule has 17 heavy (non-hydrogen) atoms. The molecule has 1 aromatic rings. The third-order valence-electron chi connectivity index (χ3n) is 1.83. The molecule has 0 saturated heterocycles. The van der Waals surface area contributed by atoms with E-state index in [0.29, 0.717) is 0 Å². The van der Waals surface area contributed by atoms with E-state index >= 15 is 0 Å². The number of carbonyl (C=O) groups excluding carboxylic acids is 1. The topological polar surface area (TPSA) is 82.0 Å². The van der Waals surface area contributed by atoms with E-state index in [1.165, 1.54) is 18.2 Å². The Morgan fingerprint density at radius 2 is 2.06 bits per heavy atom. The summed E-state index contributed by atoms with van der Waals surface area (Å²) in [6, 6.07) is 2.43. The number of hydrogen-bond acceptors (Lipinski definition) is 3. The van der Waals surface area contributed by atoms with Crippen LogP contribution in [0, 0.1) is 0 Å². The number of rotatable bonds is 3. The maximum atomic E-state index is 12.6. The number of nitrogen functional groups attached to an aromatic ring is 1. The number of nitrogens with zero attached hydrogens (tertiary/aromatic N) is 1. The largest absolute Gasteiger partial charge is 0.434 e. The molecular formula is C10H10F3N3O. The lowest BCUT2D eigenvalue weighted by atomic mass is 10.1. The molecule has 0 aliphatic carbocycles. The fourth-order valence-corrected chi connectivity index (χ4v) is 1.15. The Morgan fingerprint density at radius 1 is 1.41 bits per heavy atom. The van der Waals surface area contributed by atoms with E-state index in [0.717, 1.165) is 6.08 Å². The molecule has 1 amide bonds. The second-order valence-corrected chi connectivity index (χ2v) is 3.24. The van der Waals surface area contributed by atoms with Gasteiger partial charge in [-0.2, -0.15) is 13.2 Å². The van der Waals surface area contributed by atoms with E-state index in [9.17, 15) is 18.0 Å². The van der Waals surface area contributed by atoms with E-state index in [-0.39, 0.29) is 17.8 Å². The van der Waals surface area contributed by atoms with Crippen molar-refractivity contribution in [3.8, 4) is 0 Å². The maximum absolute atomic E-state index is 12.6. The third kappa shape index (κ3) is 3.78. The van der Waals surface area contributed by atoms with Gasteiger partial charge in [-0.3, -0.25) is 4.79 Å². The summed E-state index contributed by atoms with van der Waals surface area (Å²) in [4.78, 5) is 13.7. The molecule has 0 aliphatic heterocycles. The quantitative estimate of drug-likeness (QED) is 0.847. The molecule has 0 fully saturated rings. The zero-order chi connectivity index (χ0) is 13.1. The smallest absolute Gasteiger partial charge is 0.384 e. The molecule has 1 heterocycles. The Morgan fingerprint density at radius 3 is 2.59 bits per heavy atom. The molecular weight excluding hydrogens is 235 g/mol. The van der Waals surface area contributed by atoms with Gasteiger partial charge >= 0.3 is 6.18 Å². The minimum atomic E-state index is -4.60. The van der Waals surface area contributed by atoms with E-state index in [1.807, 2.05) is 0 Å². The van der Waals surface area contributed by atoms with Crippen LogP contribution in [0.25, 0.3) is 6.08 Å². The number of nitrogens with two attached hydrogens (primary N) is 2. The molecule has 4 nitrogen and oxygen atoms in total. The number of pyridine rings is 1. The Balaban J connectivity index is 3.07. The first-order valence-corrected chi connectivity index (χ1v) is 4.59. The van der Waals surface area contributed by atoms with Gasteiger partial charge in [0.1, 0.15) is 5.82 Å². The van der Waals surface area contributed by atoms with Crippen molar-refractivity contribution in [3.63, 3.8) is 0 Å². The van der Waals surface area contributed by atoms with Crippen LogP contribution in [-0.4, -0.2) is 10.9 Å². The average Bonchev–Trinajstić information content (AvgIpc) is 2.18. The summed E-state index contributed by atoms with van der Waals surface area (Å²) >= 11 is 0. The molecule has 92 valence electrons. The molecule has 1 rings (SSSR count). The number of anilines is 1. The molecule has 0 bridgehead atoms. The number of amides is 1. The van der Waals surface area contributed by atoms with Gasteiger partial charge in [-0.15, -0.1) is 0 Å². The summed E-state index contributed by atoms with van der Waals surface area (Å²) in [6.07, 6.45) is -2.35. The normalized spacial score (nSPS) is 11.9. The standard InChI is InChI=1S/C10H10F3N3O/c11-10(12,13)9-6(2-1-3-8(15)17)4-5-7(14)16-9/h1-2,4-5H,3H2,(H2,14,16)(H2,15,17). The van der Waals surface area contributed by atoms with Crippen LogP contribution in [0.4, 0.5) is 19.0 Å². The fraction of sp³-hybridized carbons (Fsp3) is 0.200. The average molecular weight is 245 g/mol. The van der Waals surface area contributed by atoms with Gasteiger partial charge in [0.25, 0.3) is 0 Å². The van der Waals surface area contributed by atoms with Gasteiger partial charge in [-0.1, -0.05) is 12.2 Å². The number of aromatic nitrogens is 1. The molecule has 4 N–H and O–H groups in total. The highest BCUT2D eigenvalue weighted by atomic mass is 19.4. The molecule has 0 radical (unpaired) electrons. The van der Waals surface area contributed by atoms with E-state index in [2.05, 4.69) is 4.98 Å². The second kappa shape index (κ2) is 4.86. The Kier molecular flexibility index (Phi) is 3.72. The minimum Gasteiger partial charge on any atom is -0.384 e. The predicted molar refractivity (Wildman–Crippen MR) is 56.5 cm³/mol. The molecule has 7 heteroatoms. The van der Waals surface area contributed by atoms with E-state index < -0.39 is 17.8 Å². The highest BCUT2D eigenvalue weighted by Gasteiger charge is 2.34. The first-order chi connectivity index (χ1) is 7.80. The Bertz CT molecular complexity index is 455. The number of alkyl halides is 3. The fourth-order valence-electron chi connectivity index (χ4n) is 1.15. The molecule has 0 aliphatic rings. The lowest BCUT2D eigenvalue weighted by Crippen LogP contribution is -2.12. The second-order valence-electron chi connectivity index (χ2n) is 3.24. The highest BCUT2D eigenvalue weighted by molar-refractivity contribution is 5.76. The summed E-state index contributed by atoms with van der Waals surface area (Å²) in [5.41, 5.74) is 8.80. The van der Waals surface area contributed by atoms with Crippen molar-refractivity contribution in [1.82, 2.24) is 4.98 Å². The van der Waals surface area contributed by atoms with Crippen LogP contribution in [0.3, 0.4) is 0 Å².